The Morgan fingerprint density at radius 1 is 1.19 bits per heavy atom. The number of halogens is 1. The van der Waals surface area contributed by atoms with Crippen LogP contribution in [0.3, 0.4) is 0 Å². The van der Waals surface area contributed by atoms with Crippen molar-refractivity contribution in [3.63, 3.8) is 0 Å². The molecule has 0 saturated carbocycles. The number of ether oxygens (including phenoxy) is 1. The van der Waals surface area contributed by atoms with Crippen molar-refractivity contribution in [2.24, 2.45) is 0 Å². The van der Waals surface area contributed by atoms with E-state index in [4.69, 9.17) is 4.74 Å². The molecule has 0 amide bonds. The topological polar surface area (TPSA) is 39.4 Å². The van der Waals surface area contributed by atoms with Gasteiger partial charge >= 0.3 is 0 Å². The van der Waals surface area contributed by atoms with Gasteiger partial charge in [-0.2, -0.15) is 0 Å². The number of rotatable bonds is 2. The summed E-state index contributed by atoms with van der Waals surface area (Å²) in [5.41, 5.74) is 1.83. The van der Waals surface area contributed by atoms with E-state index in [2.05, 4.69) is 52.7 Å². The number of hydrogen-bond acceptors (Lipinski definition) is 3. The second-order valence-electron chi connectivity index (χ2n) is 5.88. The summed E-state index contributed by atoms with van der Waals surface area (Å²) in [5.74, 6) is 1.30. The lowest BCUT2D eigenvalue weighted by atomic mass is 9.86. The molecule has 4 nitrogen and oxygen atoms in total. The van der Waals surface area contributed by atoms with Gasteiger partial charge in [0.2, 0.25) is 5.65 Å². The lowest BCUT2D eigenvalue weighted by Crippen LogP contribution is -2.12. The molecule has 108 valence electrons. The molecule has 3 aromatic rings. The third-order valence-corrected chi connectivity index (χ3v) is 3.60. The summed E-state index contributed by atoms with van der Waals surface area (Å²) in [6.07, 6.45) is 5.45. The fourth-order valence-electron chi connectivity index (χ4n) is 2.22. The van der Waals surface area contributed by atoms with Crippen LogP contribution in [0, 0.1) is 0 Å². The van der Waals surface area contributed by atoms with Crippen LogP contribution in [-0.4, -0.2) is 14.4 Å². The monoisotopic (exact) mass is 345 g/mol. The largest absolute Gasteiger partial charge is 0.436 e. The van der Waals surface area contributed by atoms with Crippen molar-refractivity contribution in [2.75, 3.05) is 0 Å². The Morgan fingerprint density at radius 3 is 2.71 bits per heavy atom. The second kappa shape index (κ2) is 5.15. The smallest absolute Gasteiger partial charge is 0.264 e. The van der Waals surface area contributed by atoms with Crippen molar-refractivity contribution in [2.45, 2.75) is 26.2 Å². The molecule has 0 N–H and O–H groups in total. The first-order chi connectivity index (χ1) is 9.95. The predicted octanol–water partition coefficient (Wildman–Crippen LogP) is 4.58. The maximum Gasteiger partial charge on any atom is 0.264 e. The Balaban J connectivity index is 2.09. The van der Waals surface area contributed by atoms with Gasteiger partial charge in [-0.05, 0) is 27.4 Å². The molecule has 2 heterocycles. The molecule has 0 aliphatic rings. The third-order valence-electron chi connectivity index (χ3n) is 3.22. The number of benzene rings is 1. The summed E-state index contributed by atoms with van der Waals surface area (Å²) in [6, 6.07) is 8.02. The van der Waals surface area contributed by atoms with Crippen molar-refractivity contribution in [3.8, 4) is 11.6 Å². The average molecular weight is 346 g/mol. The Bertz CT molecular complexity index is 790. The molecule has 21 heavy (non-hydrogen) atoms. The van der Waals surface area contributed by atoms with Gasteiger partial charge in [-0.25, -0.2) is 9.97 Å². The zero-order valence-electron chi connectivity index (χ0n) is 12.2. The van der Waals surface area contributed by atoms with Crippen molar-refractivity contribution < 1.29 is 4.74 Å². The van der Waals surface area contributed by atoms with E-state index in [0.717, 1.165) is 11.3 Å². The highest BCUT2D eigenvalue weighted by Gasteiger charge is 2.20. The molecule has 1 aromatic carbocycles. The van der Waals surface area contributed by atoms with Crippen molar-refractivity contribution >= 4 is 21.6 Å². The van der Waals surface area contributed by atoms with E-state index in [1.54, 1.807) is 6.20 Å². The van der Waals surface area contributed by atoms with Gasteiger partial charge in [-0.1, -0.05) is 39.0 Å². The Labute approximate surface area is 131 Å². The van der Waals surface area contributed by atoms with E-state index in [1.807, 2.05) is 35.0 Å². The first kappa shape index (κ1) is 14.1. The predicted molar refractivity (Wildman–Crippen MR) is 85.9 cm³/mol. The Morgan fingerprint density at radius 2 is 1.95 bits per heavy atom. The van der Waals surface area contributed by atoms with Crippen LogP contribution in [0.15, 0.2) is 47.5 Å². The molecule has 2 aromatic heterocycles. The summed E-state index contributed by atoms with van der Waals surface area (Å²) >= 11 is 3.40. The SMILES string of the molecule is CC(C)(C)c1ccccc1Oc1nc(Br)cn2ccnc12. The fraction of sp³-hybridized carbons (Fsp3) is 0.250. The summed E-state index contributed by atoms with van der Waals surface area (Å²) < 4.78 is 8.65. The number of para-hydroxylation sites is 1. The lowest BCUT2D eigenvalue weighted by molar-refractivity contribution is 0.440. The fourth-order valence-corrected chi connectivity index (χ4v) is 2.60. The van der Waals surface area contributed by atoms with E-state index in [1.165, 1.54) is 0 Å². The number of hydrogen-bond donors (Lipinski definition) is 0. The second-order valence-corrected chi connectivity index (χ2v) is 6.69. The van der Waals surface area contributed by atoms with Gasteiger partial charge in [0, 0.05) is 24.2 Å². The van der Waals surface area contributed by atoms with Gasteiger partial charge in [0.25, 0.3) is 5.88 Å². The molecule has 0 atom stereocenters. The summed E-state index contributed by atoms with van der Waals surface area (Å²) in [6.45, 7) is 6.48. The minimum atomic E-state index is -0.00564. The maximum atomic E-state index is 6.06. The van der Waals surface area contributed by atoms with E-state index < -0.39 is 0 Å². The van der Waals surface area contributed by atoms with Gasteiger partial charge in [-0.3, -0.25) is 4.40 Å². The molecule has 0 aliphatic heterocycles. The van der Waals surface area contributed by atoms with E-state index in [-0.39, 0.29) is 5.41 Å². The van der Waals surface area contributed by atoms with E-state index in [0.29, 0.717) is 16.1 Å². The third kappa shape index (κ3) is 2.78. The van der Waals surface area contributed by atoms with Crippen LogP contribution in [0.1, 0.15) is 26.3 Å². The molecular formula is C16H16BrN3O. The van der Waals surface area contributed by atoms with Crippen molar-refractivity contribution in [1.82, 2.24) is 14.4 Å². The zero-order valence-corrected chi connectivity index (χ0v) is 13.8. The molecule has 3 rings (SSSR count). The summed E-state index contributed by atoms with van der Waals surface area (Å²) in [4.78, 5) is 8.71. The first-order valence-corrected chi connectivity index (χ1v) is 7.51. The molecule has 0 spiro atoms. The normalized spacial score (nSPS) is 11.8. The maximum absolute atomic E-state index is 6.06. The van der Waals surface area contributed by atoms with Crippen LogP contribution >= 0.6 is 15.9 Å². The van der Waals surface area contributed by atoms with E-state index in [9.17, 15) is 0 Å². The highest BCUT2D eigenvalue weighted by molar-refractivity contribution is 9.10. The first-order valence-electron chi connectivity index (χ1n) is 6.72. The van der Waals surface area contributed by atoms with Gasteiger partial charge < -0.3 is 4.74 Å². The Hall–Kier alpha value is -1.88. The van der Waals surface area contributed by atoms with Crippen LogP contribution in [0.5, 0.6) is 11.6 Å². The van der Waals surface area contributed by atoms with Crippen molar-refractivity contribution in [1.29, 1.82) is 0 Å². The molecule has 0 saturated heterocycles. The van der Waals surface area contributed by atoms with Gasteiger partial charge in [0.15, 0.2) is 0 Å². The van der Waals surface area contributed by atoms with Crippen LogP contribution in [0.4, 0.5) is 0 Å². The Kier molecular flexibility index (Phi) is 3.45. The number of imidazole rings is 1. The van der Waals surface area contributed by atoms with Gasteiger partial charge in [0.05, 0.1) is 0 Å². The van der Waals surface area contributed by atoms with E-state index >= 15 is 0 Å². The lowest BCUT2D eigenvalue weighted by Gasteiger charge is -2.22. The van der Waals surface area contributed by atoms with Crippen LogP contribution in [-0.2, 0) is 5.41 Å². The quantitative estimate of drug-likeness (QED) is 0.682. The minimum absolute atomic E-state index is 0.00564. The standard InChI is InChI=1S/C16H16BrN3O/c1-16(2,3)11-6-4-5-7-12(11)21-15-14-18-8-9-20(14)10-13(17)19-15/h4-10H,1-3H3. The molecule has 0 radical (unpaired) electrons. The molecule has 0 unspecified atom stereocenters. The van der Waals surface area contributed by atoms with Crippen LogP contribution in [0.2, 0.25) is 0 Å². The van der Waals surface area contributed by atoms with Gasteiger partial charge in [0.1, 0.15) is 10.4 Å². The van der Waals surface area contributed by atoms with Crippen molar-refractivity contribution in [3.05, 3.63) is 53.0 Å². The molecule has 0 bridgehead atoms. The molecule has 5 heteroatoms. The van der Waals surface area contributed by atoms with Crippen LogP contribution in [0.25, 0.3) is 5.65 Å². The number of aromatic nitrogens is 3. The average Bonchev–Trinajstić information content (AvgIpc) is 2.86. The highest BCUT2D eigenvalue weighted by atomic mass is 79.9. The molecule has 0 fully saturated rings. The summed E-state index contributed by atoms with van der Waals surface area (Å²) in [5, 5.41) is 0. The molecular weight excluding hydrogens is 330 g/mol. The highest BCUT2D eigenvalue weighted by Crippen LogP contribution is 2.34. The summed E-state index contributed by atoms with van der Waals surface area (Å²) in [7, 11) is 0. The molecule has 0 aliphatic carbocycles. The minimum Gasteiger partial charge on any atom is -0.436 e. The number of fused-ring (bicyclic) bond motifs is 1. The zero-order chi connectivity index (χ0) is 15.0. The van der Waals surface area contributed by atoms with Crippen LogP contribution < -0.4 is 4.74 Å². The number of nitrogens with zero attached hydrogens (tertiary/aromatic N) is 3. The van der Waals surface area contributed by atoms with Gasteiger partial charge in [-0.15, -0.1) is 0 Å².